The van der Waals surface area contributed by atoms with E-state index in [9.17, 15) is 8.42 Å². The summed E-state index contributed by atoms with van der Waals surface area (Å²) >= 11 is 0. The molecular weight excluding hydrogens is 240 g/mol. The second-order valence-corrected chi connectivity index (χ2v) is 6.02. The van der Waals surface area contributed by atoms with Crippen LogP contribution in [-0.4, -0.2) is 36.0 Å². The van der Waals surface area contributed by atoms with Crippen LogP contribution < -0.4 is 4.72 Å². The van der Waals surface area contributed by atoms with Crippen molar-refractivity contribution in [1.29, 1.82) is 0 Å². The van der Waals surface area contributed by atoms with Gasteiger partial charge in [0.15, 0.2) is 0 Å². The molecule has 17 heavy (non-hydrogen) atoms. The lowest BCUT2D eigenvalue weighted by atomic mass is 10.2. The van der Waals surface area contributed by atoms with E-state index in [2.05, 4.69) is 14.9 Å². The quantitative estimate of drug-likeness (QED) is 0.856. The van der Waals surface area contributed by atoms with Gasteiger partial charge in [-0.2, -0.15) is 17.8 Å². The van der Waals surface area contributed by atoms with Crippen molar-refractivity contribution in [1.82, 2.24) is 14.5 Å². The normalized spacial score (nSPS) is 18.9. The Labute approximate surface area is 102 Å². The largest absolute Gasteiger partial charge is 0.302 e. The molecule has 0 radical (unpaired) electrons. The number of aryl methyl sites for hydroxylation is 1. The molecule has 1 aliphatic heterocycles. The summed E-state index contributed by atoms with van der Waals surface area (Å²) < 4.78 is 28.3. The number of nitrogens with one attached hydrogen (secondary N) is 2. The molecule has 0 spiro atoms. The van der Waals surface area contributed by atoms with Gasteiger partial charge in [-0.05, 0) is 19.8 Å². The minimum Gasteiger partial charge on any atom is -0.262 e. The second-order valence-electron chi connectivity index (χ2n) is 4.35. The van der Waals surface area contributed by atoms with E-state index in [1.807, 2.05) is 6.92 Å². The fourth-order valence-electron chi connectivity index (χ4n) is 1.93. The molecule has 0 bridgehead atoms. The first-order valence-electron chi connectivity index (χ1n) is 5.87. The molecule has 0 amide bonds. The first-order chi connectivity index (χ1) is 8.09. The monoisotopic (exact) mass is 258 g/mol. The summed E-state index contributed by atoms with van der Waals surface area (Å²) in [5.41, 5.74) is 0.795. The van der Waals surface area contributed by atoms with Gasteiger partial charge in [0.2, 0.25) is 0 Å². The summed E-state index contributed by atoms with van der Waals surface area (Å²) in [7, 11) is -3.44. The van der Waals surface area contributed by atoms with Gasteiger partial charge in [0.05, 0.1) is 6.20 Å². The number of rotatable bonds is 3. The van der Waals surface area contributed by atoms with Gasteiger partial charge in [-0.1, -0.05) is 12.8 Å². The lowest BCUT2D eigenvalue weighted by Crippen LogP contribution is -2.36. The summed E-state index contributed by atoms with van der Waals surface area (Å²) in [5.74, 6) is 0.453. The number of H-pyrrole nitrogens is 1. The highest BCUT2D eigenvalue weighted by molar-refractivity contribution is 7.90. The minimum atomic E-state index is -3.44. The minimum absolute atomic E-state index is 0.453. The van der Waals surface area contributed by atoms with Gasteiger partial charge in [-0.3, -0.25) is 9.82 Å². The van der Waals surface area contributed by atoms with E-state index < -0.39 is 10.2 Å². The molecule has 0 atom stereocenters. The molecule has 0 aliphatic carbocycles. The van der Waals surface area contributed by atoms with Gasteiger partial charge in [0, 0.05) is 18.7 Å². The highest BCUT2D eigenvalue weighted by Gasteiger charge is 2.23. The Morgan fingerprint density at radius 1 is 1.29 bits per heavy atom. The van der Waals surface area contributed by atoms with Crippen molar-refractivity contribution in [2.75, 3.05) is 17.8 Å². The Bertz CT molecular complexity index is 460. The Morgan fingerprint density at radius 3 is 2.47 bits per heavy atom. The van der Waals surface area contributed by atoms with E-state index in [0.29, 0.717) is 18.9 Å². The first-order valence-corrected chi connectivity index (χ1v) is 7.31. The average Bonchev–Trinajstić information content (AvgIpc) is 2.58. The maximum absolute atomic E-state index is 12.1. The van der Waals surface area contributed by atoms with Crippen LogP contribution in [0.4, 0.5) is 5.82 Å². The smallest absolute Gasteiger partial charge is 0.262 e. The van der Waals surface area contributed by atoms with Crippen LogP contribution in [0.3, 0.4) is 0 Å². The first kappa shape index (κ1) is 12.4. The van der Waals surface area contributed by atoms with Crippen LogP contribution in [0.25, 0.3) is 0 Å². The van der Waals surface area contributed by atoms with Crippen molar-refractivity contribution in [2.24, 2.45) is 0 Å². The molecule has 7 heteroatoms. The van der Waals surface area contributed by atoms with E-state index >= 15 is 0 Å². The number of aromatic nitrogens is 2. The van der Waals surface area contributed by atoms with Crippen molar-refractivity contribution >= 4 is 16.0 Å². The van der Waals surface area contributed by atoms with E-state index in [4.69, 9.17) is 0 Å². The molecule has 0 aromatic carbocycles. The van der Waals surface area contributed by atoms with Crippen molar-refractivity contribution in [3.8, 4) is 0 Å². The SMILES string of the molecule is Cc1cn[nH]c1NS(=O)(=O)N1CCCCCC1. The Hall–Kier alpha value is -1.08. The summed E-state index contributed by atoms with van der Waals surface area (Å²) in [6.07, 6.45) is 5.68. The van der Waals surface area contributed by atoms with Crippen molar-refractivity contribution in [3.05, 3.63) is 11.8 Å². The number of aromatic amines is 1. The third kappa shape index (κ3) is 2.98. The molecule has 1 aromatic rings. The number of hydrogen-bond donors (Lipinski definition) is 2. The molecule has 1 saturated heterocycles. The van der Waals surface area contributed by atoms with Crippen molar-refractivity contribution in [2.45, 2.75) is 32.6 Å². The van der Waals surface area contributed by atoms with Gasteiger partial charge in [-0.25, -0.2) is 0 Å². The fourth-order valence-corrected chi connectivity index (χ4v) is 3.26. The molecule has 2 N–H and O–H groups in total. The number of anilines is 1. The maximum Gasteiger partial charge on any atom is 0.302 e. The van der Waals surface area contributed by atoms with Gasteiger partial charge < -0.3 is 0 Å². The van der Waals surface area contributed by atoms with E-state index in [-0.39, 0.29) is 0 Å². The van der Waals surface area contributed by atoms with Crippen LogP contribution in [0.15, 0.2) is 6.20 Å². The molecule has 1 fully saturated rings. The van der Waals surface area contributed by atoms with E-state index in [0.717, 1.165) is 31.2 Å². The summed E-state index contributed by atoms with van der Waals surface area (Å²) in [6.45, 7) is 3.01. The zero-order chi connectivity index (χ0) is 12.3. The predicted octanol–water partition coefficient (Wildman–Crippen LogP) is 1.25. The van der Waals surface area contributed by atoms with E-state index in [1.54, 1.807) is 6.20 Å². The van der Waals surface area contributed by atoms with Crippen molar-refractivity contribution in [3.63, 3.8) is 0 Å². The van der Waals surface area contributed by atoms with Crippen LogP contribution in [-0.2, 0) is 10.2 Å². The highest BCUT2D eigenvalue weighted by Crippen LogP contribution is 2.16. The zero-order valence-corrected chi connectivity index (χ0v) is 10.8. The van der Waals surface area contributed by atoms with Gasteiger partial charge in [0.1, 0.15) is 5.82 Å². The average molecular weight is 258 g/mol. The number of nitrogens with zero attached hydrogens (tertiary/aromatic N) is 2. The molecule has 96 valence electrons. The zero-order valence-electron chi connectivity index (χ0n) is 9.94. The van der Waals surface area contributed by atoms with Crippen LogP contribution in [0.2, 0.25) is 0 Å². The Balaban J connectivity index is 2.10. The van der Waals surface area contributed by atoms with Gasteiger partial charge in [-0.15, -0.1) is 0 Å². The van der Waals surface area contributed by atoms with Crippen LogP contribution in [0, 0.1) is 6.92 Å². The summed E-state index contributed by atoms with van der Waals surface area (Å²) in [6, 6.07) is 0. The lowest BCUT2D eigenvalue weighted by Gasteiger charge is -2.20. The molecule has 2 heterocycles. The second kappa shape index (κ2) is 5.05. The molecule has 0 saturated carbocycles. The Morgan fingerprint density at radius 2 is 1.94 bits per heavy atom. The van der Waals surface area contributed by atoms with E-state index in [1.165, 1.54) is 4.31 Å². The molecule has 1 aromatic heterocycles. The molecule has 6 nitrogen and oxygen atoms in total. The summed E-state index contributed by atoms with van der Waals surface area (Å²) in [5, 5.41) is 6.45. The van der Waals surface area contributed by atoms with Crippen molar-refractivity contribution < 1.29 is 8.42 Å². The van der Waals surface area contributed by atoms with Crippen LogP contribution in [0.5, 0.6) is 0 Å². The number of hydrogen-bond acceptors (Lipinski definition) is 3. The fraction of sp³-hybridized carbons (Fsp3) is 0.700. The third-order valence-electron chi connectivity index (χ3n) is 2.96. The molecule has 2 rings (SSSR count). The van der Waals surface area contributed by atoms with Crippen LogP contribution >= 0.6 is 0 Å². The summed E-state index contributed by atoms with van der Waals surface area (Å²) in [4.78, 5) is 0. The standard InChI is InChI=1S/C10H18N4O2S/c1-9-8-11-12-10(9)13-17(15,16)14-6-4-2-3-5-7-14/h8H,2-7H2,1H3,(H2,11,12,13). The maximum atomic E-state index is 12.1. The molecule has 1 aliphatic rings. The molecular formula is C10H18N4O2S. The highest BCUT2D eigenvalue weighted by atomic mass is 32.2. The predicted molar refractivity (Wildman–Crippen MR) is 65.9 cm³/mol. The lowest BCUT2D eigenvalue weighted by molar-refractivity contribution is 0.427. The van der Waals surface area contributed by atoms with Gasteiger partial charge >= 0.3 is 10.2 Å². The topological polar surface area (TPSA) is 78.1 Å². The third-order valence-corrected chi connectivity index (χ3v) is 4.47. The van der Waals surface area contributed by atoms with Crippen LogP contribution in [0.1, 0.15) is 31.2 Å². The van der Waals surface area contributed by atoms with Gasteiger partial charge in [0.25, 0.3) is 0 Å². The Kier molecular flexibility index (Phi) is 3.68. The molecule has 0 unspecified atom stereocenters.